The van der Waals surface area contributed by atoms with Crippen LogP contribution in [0.4, 0.5) is 0 Å². The Morgan fingerprint density at radius 1 is 0.754 bits per heavy atom. The summed E-state index contributed by atoms with van der Waals surface area (Å²) in [5, 5.41) is 18.7. The normalized spacial score (nSPS) is 12.9. The summed E-state index contributed by atoms with van der Waals surface area (Å²) in [6, 6.07) is -0.916. The molecule has 378 valence electrons. The highest BCUT2D eigenvalue weighted by atomic mass is 16.5. The lowest BCUT2D eigenvalue weighted by Crippen LogP contribution is -2.56. The molecule has 0 bridgehead atoms. The van der Waals surface area contributed by atoms with Gasteiger partial charge in [-0.2, -0.15) is 0 Å². The number of aliphatic carboxylic acids is 1. The smallest absolute Gasteiger partial charge is 0.306 e. The van der Waals surface area contributed by atoms with E-state index < -0.39 is 40.2 Å². The number of imidazole rings is 1. The second-order valence-electron chi connectivity index (χ2n) is 19.7. The van der Waals surface area contributed by atoms with Crippen molar-refractivity contribution in [2.24, 2.45) is 22.5 Å². The molecule has 0 saturated carbocycles. The molecule has 1 aromatic heterocycles. The fourth-order valence-electron chi connectivity index (χ4n) is 7.37. The maximum absolute atomic E-state index is 13.5. The molecular formula is C50H94N6O9. The SMILES string of the molecule is C=C(COCCOCCNC(=O)CCCCCCCCCCCCCCC)NCCCC[C@H](CC(=O)C(C)(C)CC(=O)C(C)(C)CC(=O)C(C)(C)NC(=O)[C@@H](N)Cc1cnc[nH]1)C(=O)O.[HH].[HH].[HH]. The number of carboxylic acid groups (broad SMARTS) is 1. The van der Waals surface area contributed by atoms with Crippen LogP contribution in [0.1, 0.15) is 187 Å². The molecule has 15 nitrogen and oxygen atoms in total. The first-order valence-electron chi connectivity index (χ1n) is 24.4. The van der Waals surface area contributed by atoms with Gasteiger partial charge in [-0.1, -0.05) is 125 Å². The number of ether oxygens (including phenoxy) is 2. The predicted molar refractivity (Wildman–Crippen MR) is 262 cm³/mol. The van der Waals surface area contributed by atoms with Crippen molar-refractivity contribution in [1.29, 1.82) is 0 Å². The van der Waals surface area contributed by atoms with E-state index >= 15 is 0 Å². The van der Waals surface area contributed by atoms with E-state index in [1.54, 1.807) is 47.7 Å². The lowest BCUT2D eigenvalue weighted by molar-refractivity contribution is -0.146. The summed E-state index contributed by atoms with van der Waals surface area (Å²) in [6.45, 7) is 18.4. The van der Waals surface area contributed by atoms with Gasteiger partial charge in [0.1, 0.15) is 11.6 Å². The van der Waals surface area contributed by atoms with Gasteiger partial charge in [-0.05, 0) is 33.1 Å². The Bertz CT molecular complexity index is 1580. The zero-order valence-corrected chi connectivity index (χ0v) is 41.3. The first-order chi connectivity index (χ1) is 30.7. The molecule has 0 aliphatic carbocycles. The first-order valence-corrected chi connectivity index (χ1v) is 24.4. The number of hydrogen-bond donors (Lipinski definition) is 6. The third-order valence-electron chi connectivity index (χ3n) is 12.0. The van der Waals surface area contributed by atoms with Crippen LogP contribution in [-0.2, 0) is 44.7 Å². The van der Waals surface area contributed by atoms with Crippen molar-refractivity contribution in [2.75, 3.05) is 39.5 Å². The van der Waals surface area contributed by atoms with E-state index in [-0.39, 0.29) is 53.2 Å². The predicted octanol–water partition coefficient (Wildman–Crippen LogP) is 8.45. The lowest BCUT2D eigenvalue weighted by atomic mass is 9.71. The molecule has 0 aliphatic rings. The summed E-state index contributed by atoms with van der Waals surface area (Å²) in [4.78, 5) is 84.1. The fraction of sp³-hybridized carbons (Fsp3) is 0.780. The Balaban J connectivity index is -0.0000141. The van der Waals surface area contributed by atoms with Crippen molar-refractivity contribution in [2.45, 2.75) is 195 Å². The minimum Gasteiger partial charge on any atom is -0.481 e. The molecule has 0 radical (unpaired) electrons. The molecule has 0 aromatic carbocycles. The van der Waals surface area contributed by atoms with Gasteiger partial charge in [0.15, 0.2) is 5.78 Å². The number of nitrogens with zero attached hydrogens (tertiary/aromatic N) is 1. The van der Waals surface area contributed by atoms with E-state index in [9.17, 15) is 33.9 Å². The van der Waals surface area contributed by atoms with Crippen molar-refractivity contribution < 1.29 is 47.6 Å². The third kappa shape index (κ3) is 27.3. The molecule has 0 unspecified atom stereocenters. The molecule has 0 aliphatic heterocycles. The molecule has 15 heteroatoms. The van der Waals surface area contributed by atoms with Gasteiger partial charge in [-0.25, -0.2) is 4.98 Å². The van der Waals surface area contributed by atoms with Gasteiger partial charge in [-0.3, -0.25) is 28.8 Å². The van der Waals surface area contributed by atoms with Crippen LogP contribution in [0.3, 0.4) is 0 Å². The number of carbonyl (C=O) groups is 6. The Labute approximate surface area is 395 Å². The molecule has 1 heterocycles. The molecule has 7 N–H and O–H groups in total. The van der Waals surface area contributed by atoms with Crippen LogP contribution in [0.5, 0.6) is 0 Å². The molecule has 2 atom stereocenters. The van der Waals surface area contributed by atoms with Crippen molar-refractivity contribution in [3.63, 3.8) is 0 Å². The average Bonchev–Trinajstić information content (AvgIpc) is 3.75. The van der Waals surface area contributed by atoms with Gasteiger partial charge in [0.25, 0.3) is 0 Å². The first kappa shape index (κ1) is 59.1. The Morgan fingerprint density at radius 2 is 1.32 bits per heavy atom. The van der Waals surface area contributed by atoms with Crippen LogP contribution in [-0.4, -0.2) is 101 Å². The second-order valence-corrected chi connectivity index (χ2v) is 19.7. The highest BCUT2D eigenvalue weighted by Crippen LogP contribution is 2.34. The molecule has 0 spiro atoms. The van der Waals surface area contributed by atoms with Gasteiger partial charge < -0.3 is 41.2 Å². The third-order valence-corrected chi connectivity index (χ3v) is 12.0. The minimum absolute atomic E-state index is 0. The standard InChI is InChI=1S/C50H88N6O9.3H2/c1-9-10-11-12-13-14-15-16-17-18-19-20-21-25-45(60)54-27-28-64-29-30-65-36-38(2)53-26-23-22-24-39(47(62)63)31-42(57)48(3,4)33-43(58)49(5,6)34-44(59)50(7,8)56-46(61)41(51)32-40-35-52-37-55-40;;;/h35,37,39,41,53H,2,9-34,36,51H2,1,3-8H3,(H,52,55)(H,54,60)(H,56,61)(H,62,63);3*1H/t39-,41+;;;/m1.../s1. The Kier molecular flexibility index (Phi) is 29.7. The highest BCUT2D eigenvalue weighted by Gasteiger charge is 2.41. The summed E-state index contributed by atoms with van der Waals surface area (Å²) < 4.78 is 11.2. The largest absolute Gasteiger partial charge is 0.481 e. The molecule has 65 heavy (non-hydrogen) atoms. The number of rotatable bonds is 42. The topological polar surface area (TPSA) is 232 Å². The van der Waals surface area contributed by atoms with Crippen LogP contribution in [0.2, 0.25) is 0 Å². The molecule has 1 aromatic rings. The molecular weight excluding hydrogens is 829 g/mol. The number of carboxylic acids is 1. The van der Waals surface area contributed by atoms with Gasteiger partial charge in [0, 0.05) is 77.9 Å². The number of nitrogens with one attached hydrogen (secondary N) is 4. The maximum atomic E-state index is 13.5. The van der Waals surface area contributed by atoms with Crippen LogP contribution < -0.4 is 21.7 Å². The van der Waals surface area contributed by atoms with Crippen LogP contribution in [0.25, 0.3) is 0 Å². The van der Waals surface area contributed by atoms with Gasteiger partial charge in [0.2, 0.25) is 11.8 Å². The number of carbonyl (C=O) groups excluding carboxylic acids is 5. The van der Waals surface area contributed by atoms with E-state index in [0.717, 1.165) is 12.8 Å². The van der Waals surface area contributed by atoms with Crippen molar-refractivity contribution in [3.8, 4) is 0 Å². The van der Waals surface area contributed by atoms with E-state index in [4.69, 9.17) is 15.2 Å². The Morgan fingerprint density at radius 3 is 1.91 bits per heavy atom. The highest BCUT2D eigenvalue weighted by molar-refractivity contribution is 5.99. The van der Waals surface area contributed by atoms with E-state index in [2.05, 4.69) is 39.4 Å². The summed E-state index contributed by atoms with van der Waals surface area (Å²) in [5.74, 6) is -3.44. The summed E-state index contributed by atoms with van der Waals surface area (Å²) in [6.07, 6.45) is 21.4. The number of amides is 2. The number of Topliss-reactive ketones (excluding diaryl/α,β-unsaturated/α-hetero) is 3. The monoisotopic (exact) mass is 923 g/mol. The number of hydrogen-bond acceptors (Lipinski definition) is 11. The van der Waals surface area contributed by atoms with Gasteiger partial charge in [0.05, 0.1) is 50.3 Å². The van der Waals surface area contributed by atoms with Crippen molar-refractivity contribution in [3.05, 3.63) is 30.5 Å². The average molecular weight is 923 g/mol. The number of aromatic amines is 1. The summed E-state index contributed by atoms with van der Waals surface area (Å²) in [5.41, 5.74) is 3.80. The maximum Gasteiger partial charge on any atom is 0.306 e. The van der Waals surface area contributed by atoms with Crippen LogP contribution >= 0.6 is 0 Å². The lowest BCUT2D eigenvalue weighted by Gasteiger charge is -2.33. The van der Waals surface area contributed by atoms with E-state index in [0.29, 0.717) is 76.6 Å². The summed E-state index contributed by atoms with van der Waals surface area (Å²) >= 11 is 0. The van der Waals surface area contributed by atoms with Crippen LogP contribution in [0, 0.1) is 16.7 Å². The Hall–Kier alpha value is -3.95. The quantitative estimate of drug-likeness (QED) is 0.0339. The molecule has 2 amide bonds. The van der Waals surface area contributed by atoms with Crippen LogP contribution in [0.15, 0.2) is 24.8 Å². The van der Waals surface area contributed by atoms with Gasteiger partial charge >= 0.3 is 5.97 Å². The van der Waals surface area contributed by atoms with E-state index in [1.807, 2.05) is 0 Å². The van der Waals surface area contributed by atoms with Crippen molar-refractivity contribution >= 4 is 35.1 Å². The number of ketones is 3. The zero-order chi connectivity index (χ0) is 48.7. The number of aromatic nitrogens is 2. The minimum atomic E-state index is -1.31. The second kappa shape index (κ2) is 32.7. The van der Waals surface area contributed by atoms with E-state index in [1.165, 1.54) is 77.0 Å². The van der Waals surface area contributed by atoms with Crippen molar-refractivity contribution in [1.82, 2.24) is 25.9 Å². The summed E-state index contributed by atoms with van der Waals surface area (Å²) in [7, 11) is 0. The molecule has 0 saturated heterocycles. The zero-order valence-electron chi connectivity index (χ0n) is 41.3. The number of unbranched alkanes of at least 4 members (excludes halogenated alkanes) is 13. The van der Waals surface area contributed by atoms with Gasteiger partial charge in [-0.15, -0.1) is 0 Å². The number of H-pyrrole nitrogens is 1. The molecule has 1 rings (SSSR count). The number of nitrogens with two attached hydrogens (primary N) is 1. The fourth-order valence-corrected chi connectivity index (χ4v) is 7.37. The molecule has 0 fully saturated rings.